The fourth-order valence-corrected chi connectivity index (χ4v) is 5.42. The molecule has 2 N–H and O–H groups in total. The van der Waals surface area contributed by atoms with Crippen molar-refractivity contribution < 1.29 is 14.6 Å². The Labute approximate surface area is 208 Å². The highest BCUT2D eigenvalue weighted by Crippen LogP contribution is 2.46. The molecule has 8 heteroatoms. The summed E-state index contributed by atoms with van der Waals surface area (Å²) >= 11 is 5.88. The molecule has 0 radical (unpaired) electrons. The summed E-state index contributed by atoms with van der Waals surface area (Å²) in [7, 11) is 0. The molecular formula is C27H24N4O3S. The van der Waals surface area contributed by atoms with Crippen LogP contribution in [0, 0.1) is 13.8 Å². The molecule has 2 aromatic carbocycles. The molecule has 2 aromatic heterocycles. The van der Waals surface area contributed by atoms with Gasteiger partial charge in [0.05, 0.1) is 17.8 Å². The number of ether oxygens (including phenoxy) is 2. The van der Waals surface area contributed by atoms with Gasteiger partial charge in [-0.25, -0.2) is 0 Å². The van der Waals surface area contributed by atoms with Crippen LogP contribution in [0.4, 0.5) is 5.69 Å². The Morgan fingerprint density at radius 1 is 0.971 bits per heavy atom. The minimum absolute atomic E-state index is 0.144. The van der Waals surface area contributed by atoms with E-state index in [0.717, 1.165) is 39.8 Å². The number of nitrogens with one attached hydrogen (secondary N) is 1. The third-order valence-corrected chi connectivity index (χ3v) is 6.94. The number of hydrogen-bond acceptors (Lipinski definition) is 5. The third-order valence-electron chi connectivity index (χ3n) is 6.63. The average Bonchev–Trinajstić information content (AvgIpc) is 3.55. The van der Waals surface area contributed by atoms with Crippen LogP contribution < -0.4 is 19.7 Å². The predicted octanol–water partition coefficient (Wildman–Crippen LogP) is 5.10. The van der Waals surface area contributed by atoms with E-state index in [1.54, 1.807) is 18.3 Å². The van der Waals surface area contributed by atoms with Crippen LogP contribution in [0.1, 0.15) is 34.7 Å². The van der Waals surface area contributed by atoms with Gasteiger partial charge in [-0.2, -0.15) is 0 Å². The van der Waals surface area contributed by atoms with E-state index in [1.165, 1.54) is 0 Å². The summed E-state index contributed by atoms with van der Waals surface area (Å²) in [4.78, 5) is 6.79. The Morgan fingerprint density at radius 2 is 1.74 bits per heavy atom. The zero-order valence-electron chi connectivity index (χ0n) is 19.3. The van der Waals surface area contributed by atoms with E-state index in [9.17, 15) is 5.11 Å². The molecule has 1 saturated heterocycles. The van der Waals surface area contributed by atoms with Crippen molar-refractivity contribution in [3.63, 3.8) is 0 Å². The van der Waals surface area contributed by atoms with Crippen molar-refractivity contribution >= 4 is 23.0 Å². The smallest absolute Gasteiger partial charge is 0.231 e. The molecule has 4 heterocycles. The van der Waals surface area contributed by atoms with Crippen LogP contribution in [0.5, 0.6) is 17.2 Å². The number of rotatable bonds is 4. The first-order chi connectivity index (χ1) is 17.0. The monoisotopic (exact) mass is 484 g/mol. The molecule has 0 unspecified atom stereocenters. The van der Waals surface area contributed by atoms with E-state index in [1.807, 2.05) is 48.5 Å². The Kier molecular flexibility index (Phi) is 5.11. The van der Waals surface area contributed by atoms with Gasteiger partial charge in [0.25, 0.3) is 0 Å². The Balaban J connectivity index is 1.51. The van der Waals surface area contributed by atoms with Gasteiger partial charge in [0.2, 0.25) is 6.79 Å². The minimum atomic E-state index is -0.150. The normalized spacial score (nSPS) is 18.7. The van der Waals surface area contributed by atoms with Gasteiger partial charge < -0.3 is 29.4 Å². The summed E-state index contributed by atoms with van der Waals surface area (Å²) in [5.41, 5.74) is 6.14. The average molecular weight is 485 g/mol. The lowest BCUT2D eigenvalue weighted by molar-refractivity contribution is 0.174. The summed E-state index contributed by atoms with van der Waals surface area (Å²) in [6.45, 7) is 4.42. The van der Waals surface area contributed by atoms with Gasteiger partial charge in [0.1, 0.15) is 5.75 Å². The lowest BCUT2D eigenvalue weighted by atomic mass is 9.96. The maximum atomic E-state index is 9.77. The van der Waals surface area contributed by atoms with E-state index in [4.69, 9.17) is 21.7 Å². The highest BCUT2D eigenvalue weighted by atomic mass is 32.1. The second-order valence-electron chi connectivity index (χ2n) is 8.71. The highest BCUT2D eigenvalue weighted by molar-refractivity contribution is 7.80. The van der Waals surface area contributed by atoms with Crippen molar-refractivity contribution in [2.45, 2.75) is 25.9 Å². The number of thiocarbonyl (C=S) groups is 1. The second kappa shape index (κ2) is 8.32. The Morgan fingerprint density at radius 3 is 2.51 bits per heavy atom. The fourth-order valence-electron chi connectivity index (χ4n) is 5.07. The maximum Gasteiger partial charge on any atom is 0.231 e. The van der Waals surface area contributed by atoms with Crippen molar-refractivity contribution in [3.8, 4) is 22.9 Å². The predicted molar refractivity (Wildman–Crippen MR) is 137 cm³/mol. The number of benzene rings is 2. The lowest BCUT2D eigenvalue weighted by Gasteiger charge is -2.28. The van der Waals surface area contributed by atoms with Gasteiger partial charge in [0.15, 0.2) is 16.6 Å². The van der Waals surface area contributed by atoms with Gasteiger partial charge in [-0.1, -0.05) is 6.07 Å². The molecule has 176 valence electrons. The van der Waals surface area contributed by atoms with Crippen LogP contribution in [0.2, 0.25) is 0 Å². The molecular weight excluding hydrogens is 460 g/mol. The van der Waals surface area contributed by atoms with Crippen molar-refractivity contribution in [2.24, 2.45) is 0 Å². The molecule has 7 nitrogen and oxygen atoms in total. The zero-order valence-corrected chi connectivity index (χ0v) is 20.1. The quantitative estimate of drug-likeness (QED) is 0.391. The SMILES string of the molecule is Cc1cc([C@H]2[C@@H](c3ccccn3)NC(=S)N2c2ccc3c(c2)OCO3)c(C)n1-c1ccc(O)cc1. The highest BCUT2D eigenvalue weighted by Gasteiger charge is 2.42. The first-order valence-electron chi connectivity index (χ1n) is 11.4. The fraction of sp³-hybridized carbons (Fsp3) is 0.185. The van der Waals surface area contributed by atoms with Gasteiger partial charge >= 0.3 is 0 Å². The number of phenols is 1. The number of anilines is 1. The van der Waals surface area contributed by atoms with Crippen LogP contribution >= 0.6 is 12.2 Å². The number of fused-ring (bicyclic) bond motifs is 1. The second-order valence-corrected chi connectivity index (χ2v) is 9.10. The Hall–Kier alpha value is -4.04. The summed E-state index contributed by atoms with van der Waals surface area (Å²) in [6.07, 6.45) is 1.81. The van der Waals surface area contributed by atoms with Crippen molar-refractivity contribution in [3.05, 3.63) is 95.6 Å². The summed E-state index contributed by atoms with van der Waals surface area (Å²) in [5, 5.41) is 13.9. The zero-order chi connectivity index (χ0) is 24.1. The molecule has 0 aliphatic carbocycles. The van der Waals surface area contributed by atoms with E-state index in [2.05, 4.69) is 39.7 Å². The van der Waals surface area contributed by atoms with E-state index in [-0.39, 0.29) is 24.6 Å². The summed E-state index contributed by atoms with van der Waals surface area (Å²) in [6, 6.07) is 21.0. The van der Waals surface area contributed by atoms with Gasteiger partial charge in [0, 0.05) is 35.0 Å². The molecule has 1 fully saturated rings. The van der Waals surface area contributed by atoms with Crippen molar-refractivity contribution in [2.75, 3.05) is 11.7 Å². The number of aromatic hydroxyl groups is 1. The molecule has 6 rings (SSSR count). The molecule has 0 amide bonds. The molecule has 2 aliphatic rings. The van der Waals surface area contributed by atoms with Crippen LogP contribution in [-0.2, 0) is 0 Å². The van der Waals surface area contributed by atoms with Gasteiger partial charge in [-0.3, -0.25) is 4.98 Å². The molecule has 35 heavy (non-hydrogen) atoms. The lowest BCUT2D eigenvalue weighted by Crippen LogP contribution is -2.29. The number of nitrogens with zero attached hydrogens (tertiary/aromatic N) is 3. The molecule has 2 aliphatic heterocycles. The Bertz CT molecular complexity index is 1420. The first kappa shape index (κ1) is 21.5. The first-order valence-corrected chi connectivity index (χ1v) is 11.8. The van der Waals surface area contributed by atoms with Crippen LogP contribution in [-0.4, -0.2) is 26.6 Å². The molecule has 0 saturated carbocycles. The van der Waals surface area contributed by atoms with Crippen LogP contribution in [0.25, 0.3) is 5.69 Å². The number of aryl methyl sites for hydroxylation is 1. The maximum absolute atomic E-state index is 9.77. The largest absolute Gasteiger partial charge is 0.508 e. The minimum Gasteiger partial charge on any atom is -0.508 e. The molecule has 0 bridgehead atoms. The molecule has 0 spiro atoms. The van der Waals surface area contributed by atoms with Crippen LogP contribution in [0.15, 0.2) is 72.9 Å². The van der Waals surface area contributed by atoms with E-state index < -0.39 is 0 Å². The van der Waals surface area contributed by atoms with Crippen molar-refractivity contribution in [1.82, 2.24) is 14.9 Å². The summed E-state index contributed by atoms with van der Waals surface area (Å²) in [5.74, 6) is 1.68. The standard InChI is InChI=1S/C27H24N4O3S/c1-16-13-21(17(2)30(16)18-6-9-20(32)10-7-18)26-25(22-5-3-4-12-28-22)29-27(35)31(26)19-8-11-23-24(14-19)34-15-33-23/h3-14,25-26,32H,15H2,1-2H3,(H,29,35)/t25-,26+/m1/s1. The number of phenolic OH excluding ortho intramolecular Hbond substituents is 1. The number of hydrogen-bond donors (Lipinski definition) is 2. The van der Waals surface area contributed by atoms with Crippen molar-refractivity contribution in [1.29, 1.82) is 0 Å². The number of aromatic nitrogens is 2. The molecule has 2 atom stereocenters. The molecule has 4 aromatic rings. The summed E-state index contributed by atoms with van der Waals surface area (Å²) < 4.78 is 13.4. The van der Waals surface area contributed by atoms with Crippen LogP contribution in [0.3, 0.4) is 0 Å². The van der Waals surface area contributed by atoms with Gasteiger partial charge in [-0.05, 0) is 86.2 Å². The van der Waals surface area contributed by atoms with Gasteiger partial charge in [-0.15, -0.1) is 0 Å². The topological polar surface area (TPSA) is 71.8 Å². The van der Waals surface area contributed by atoms with E-state index in [0.29, 0.717) is 10.9 Å². The third kappa shape index (κ3) is 3.57. The number of pyridine rings is 1. The van der Waals surface area contributed by atoms with E-state index >= 15 is 0 Å².